The van der Waals surface area contributed by atoms with E-state index in [2.05, 4.69) is 10.6 Å². The first-order chi connectivity index (χ1) is 10.9. The molecule has 2 amide bonds. The van der Waals surface area contributed by atoms with E-state index in [0.29, 0.717) is 32.4 Å². The second-order valence-corrected chi connectivity index (χ2v) is 8.70. The first-order valence-corrected chi connectivity index (χ1v) is 10.2. The third-order valence-electron chi connectivity index (χ3n) is 4.68. The summed E-state index contributed by atoms with van der Waals surface area (Å²) >= 11 is 0. The lowest BCUT2D eigenvalue weighted by molar-refractivity contribution is 0.117. The molecule has 0 unspecified atom stereocenters. The number of carbonyl (C=O) groups excluding carboxylic acids is 1. The standard InChI is InChI=1S/C15H29N3O4S/c1-2-11-23(21,22)18-9-7-13(8-10-18)17-15(20)16-12-3-5-14(19)6-4-12/h12-14,19H,2-11H2,1H3,(H2,16,17,20). The molecule has 0 radical (unpaired) electrons. The number of hydrogen-bond donors (Lipinski definition) is 3. The van der Waals surface area contributed by atoms with Gasteiger partial charge in [0.15, 0.2) is 0 Å². The normalized spacial score (nSPS) is 27.6. The molecule has 0 spiro atoms. The molecule has 0 bridgehead atoms. The van der Waals surface area contributed by atoms with Crippen molar-refractivity contribution in [3.8, 4) is 0 Å². The van der Waals surface area contributed by atoms with E-state index >= 15 is 0 Å². The van der Waals surface area contributed by atoms with Crippen molar-refractivity contribution in [2.45, 2.75) is 70.1 Å². The van der Waals surface area contributed by atoms with E-state index < -0.39 is 10.0 Å². The van der Waals surface area contributed by atoms with Crippen LogP contribution in [-0.2, 0) is 10.0 Å². The average Bonchev–Trinajstić information content (AvgIpc) is 2.50. The maximum absolute atomic E-state index is 12.0. The number of hydrogen-bond acceptors (Lipinski definition) is 4. The number of rotatable bonds is 5. The molecule has 1 heterocycles. The van der Waals surface area contributed by atoms with Gasteiger partial charge >= 0.3 is 6.03 Å². The number of carbonyl (C=O) groups is 1. The molecule has 134 valence electrons. The van der Waals surface area contributed by atoms with Gasteiger partial charge in [0.2, 0.25) is 10.0 Å². The first kappa shape index (κ1) is 18.5. The van der Waals surface area contributed by atoms with Gasteiger partial charge in [-0.25, -0.2) is 17.5 Å². The molecule has 23 heavy (non-hydrogen) atoms. The van der Waals surface area contributed by atoms with Crippen molar-refractivity contribution in [1.29, 1.82) is 0 Å². The Morgan fingerprint density at radius 1 is 1.04 bits per heavy atom. The van der Waals surface area contributed by atoms with E-state index in [-0.39, 0.29) is 30.0 Å². The molecular formula is C15H29N3O4S. The highest BCUT2D eigenvalue weighted by Gasteiger charge is 2.28. The van der Waals surface area contributed by atoms with E-state index in [9.17, 15) is 18.3 Å². The molecule has 0 aromatic heterocycles. The summed E-state index contributed by atoms with van der Waals surface area (Å²) in [5.41, 5.74) is 0. The molecule has 3 N–H and O–H groups in total. The van der Waals surface area contributed by atoms with Gasteiger partial charge in [-0.1, -0.05) is 6.92 Å². The molecule has 1 aliphatic carbocycles. The minimum atomic E-state index is -3.13. The molecule has 2 aliphatic rings. The summed E-state index contributed by atoms with van der Waals surface area (Å²) in [6, 6.07) is -0.0260. The van der Waals surface area contributed by atoms with Crippen molar-refractivity contribution < 1.29 is 18.3 Å². The van der Waals surface area contributed by atoms with Crippen LogP contribution in [0, 0.1) is 0 Å². The lowest BCUT2D eigenvalue weighted by Crippen LogP contribution is -2.51. The number of nitrogens with zero attached hydrogens (tertiary/aromatic N) is 1. The Labute approximate surface area is 138 Å². The van der Waals surface area contributed by atoms with Crippen LogP contribution in [0.5, 0.6) is 0 Å². The van der Waals surface area contributed by atoms with Crippen molar-refractivity contribution >= 4 is 16.1 Å². The smallest absolute Gasteiger partial charge is 0.315 e. The Hall–Kier alpha value is -0.860. The number of amides is 2. The van der Waals surface area contributed by atoms with Crippen LogP contribution in [0.3, 0.4) is 0 Å². The fraction of sp³-hybridized carbons (Fsp3) is 0.933. The van der Waals surface area contributed by atoms with Gasteiger partial charge in [0, 0.05) is 25.2 Å². The second-order valence-electron chi connectivity index (χ2n) is 6.61. The molecule has 1 saturated heterocycles. The second kappa shape index (κ2) is 8.30. The van der Waals surface area contributed by atoms with Gasteiger partial charge in [-0.3, -0.25) is 0 Å². The summed E-state index contributed by atoms with van der Waals surface area (Å²) in [6.45, 7) is 2.81. The minimum Gasteiger partial charge on any atom is -0.393 e. The number of urea groups is 1. The van der Waals surface area contributed by atoms with Crippen LogP contribution in [0.2, 0.25) is 0 Å². The minimum absolute atomic E-state index is 0.0252. The summed E-state index contributed by atoms with van der Waals surface area (Å²) in [6.07, 6.45) is 4.78. The molecule has 1 saturated carbocycles. The zero-order valence-electron chi connectivity index (χ0n) is 13.8. The van der Waals surface area contributed by atoms with Gasteiger partial charge in [0.25, 0.3) is 0 Å². The topological polar surface area (TPSA) is 98.7 Å². The Morgan fingerprint density at radius 3 is 2.09 bits per heavy atom. The molecule has 2 rings (SSSR count). The number of aliphatic hydroxyl groups excluding tert-OH is 1. The fourth-order valence-electron chi connectivity index (χ4n) is 3.30. The van der Waals surface area contributed by atoms with Gasteiger partial charge in [-0.2, -0.15) is 0 Å². The van der Waals surface area contributed by atoms with Crippen LogP contribution >= 0.6 is 0 Å². The monoisotopic (exact) mass is 347 g/mol. The van der Waals surface area contributed by atoms with Crippen molar-refractivity contribution in [1.82, 2.24) is 14.9 Å². The predicted octanol–water partition coefficient (Wildman–Crippen LogP) is 0.793. The van der Waals surface area contributed by atoms with Gasteiger partial charge in [0.05, 0.1) is 11.9 Å². The third kappa shape index (κ3) is 5.61. The molecule has 1 aliphatic heterocycles. The summed E-state index contributed by atoms with van der Waals surface area (Å²) in [7, 11) is -3.13. The third-order valence-corrected chi connectivity index (χ3v) is 6.75. The molecule has 7 nitrogen and oxygen atoms in total. The molecule has 0 atom stereocenters. The van der Waals surface area contributed by atoms with Gasteiger partial charge in [-0.05, 0) is 44.9 Å². The highest BCUT2D eigenvalue weighted by Crippen LogP contribution is 2.18. The molecule has 0 aromatic carbocycles. The summed E-state index contributed by atoms with van der Waals surface area (Å²) in [5, 5.41) is 15.4. The summed E-state index contributed by atoms with van der Waals surface area (Å²) in [5.74, 6) is 0.194. The first-order valence-electron chi connectivity index (χ1n) is 8.63. The van der Waals surface area contributed by atoms with E-state index in [0.717, 1.165) is 25.7 Å². The Kier molecular flexibility index (Phi) is 6.67. The molecule has 2 fully saturated rings. The average molecular weight is 347 g/mol. The molecule has 0 aromatic rings. The summed E-state index contributed by atoms with van der Waals surface area (Å²) in [4.78, 5) is 12.0. The van der Waals surface area contributed by atoms with Crippen LogP contribution in [0.4, 0.5) is 4.79 Å². The molecular weight excluding hydrogens is 318 g/mol. The largest absolute Gasteiger partial charge is 0.393 e. The summed E-state index contributed by atoms with van der Waals surface area (Å²) < 4.78 is 25.6. The van der Waals surface area contributed by atoms with Gasteiger partial charge < -0.3 is 15.7 Å². The van der Waals surface area contributed by atoms with E-state index in [1.807, 2.05) is 6.92 Å². The maximum atomic E-state index is 12.0. The lowest BCUT2D eigenvalue weighted by Gasteiger charge is -2.32. The van der Waals surface area contributed by atoms with E-state index in [4.69, 9.17) is 0 Å². The maximum Gasteiger partial charge on any atom is 0.315 e. The van der Waals surface area contributed by atoms with Gasteiger partial charge in [0.1, 0.15) is 0 Å². The lowest BCUT2D eigenvalue weighted by atomic mass is 9.93. The number of nitrogens with one attached hydrogen (secondary N) is 2. The van der Waals surface area contributed by atoms with Crippen molar-refractivity contribution in [3.63, 3.8) is 0 Å². The van der Waals surface area contributed by atoms with E-state index in [1.54, 1.807) is 0 Å². The van der Waals surface area contributed by atoms with Crippen LogP contribution in [0.25, 0.3) is 0 Å². The van der Waals surface area contributed by atoms with Crippen molar-refractivity contribution in [2.24, 2.45) is 0 Å². The van der Waals surface area contributed by atoms with Crippen LogP contribution in [-0.4, -0.2) is 60.9 Å². The van der Waals surface area contributed by atoms with Gasteiger partial charge in [-0.15, -0.1) is 0 Å². The highest BCUT2D eigenvalue weighted by molar-refractivity contribution is 7.89. The zero-order chi connectivity index (χ0) is 16.9. The van der Waals surface area contributed by atoms with Crippen LogP contribution in [0.1, 0.15) is 51.9 Å². The van der Waals surface area contributed by atoms with Crippen LogP contribution in [0.15, 0.2) is 0 Å². The number of aliphatic hydroxyl groups is 1. The predicted molar refractivity (Wildman–Crippen MR) is 88.6 cm³/mol. The van der Waals surface area contributed by atoms with E-state index in [1.165, 1.54) is 4.31 Å². The number of piperidine rings is 1. The quantitative estimate of drug-likeness (QED) is 0.685. The SMILES string of the molecule is CCCS(=O)(=O)N1CCC(NC(=O)NC2CCC(O)CC2)CC1. The Balaban J connectivity index is 1.70. The zero-order valence-corrected chi connectivity index (χ0v) is 14.6. The number of sulfonamides is 1. The van der Waals surface area contributed by atoms with Crippen LogP contribution < -0.4 is 10.6 Å². The Morgan fingerprint density at radius 2 is 1.57 bits per heavy atom. The van der Waals surface area contributed by atoms with Crippen molar-refractivity contribution in [3.05, 3.63) is 0 Å². The Bertz CT molecular complexity index is 481. The highest BCUT2D eigenvalue weighted by atomic mass is 32.2. The molecule has 8 heteroatoms. The fourth-order valence-corrected chi connectivity index (χ4v) is 4.84. The van der Waals surface area contributed by atoms with Crippen molar-refractivity contribution in [2.75, 3.05) is 18.8 Å².